The van der Waals surface area contributed by atoms with Gasteiger partial charge in [0, 0.05) is 35.8 Å². The molecule has 0 unspecified atom stereocenters. The van der Waals surface area contributed by atoms with Gasteiger partial charge in [0.2, 0.25) is 5.91 Å². The Kier molecular flexibility index (Phi) is 9.19. The van der Waals surface area contributed by atoms with Crippen LogP contribution in [0.4, 0.5) is 0 Å². The summed E-state index contributed by atoms with van der Waals surface area (Å²) in [4.78, 5) is 31.3. The fourth-order valence-corrected chi connectivity index (χ4v) is 7.98. The molecule has 2 fully saturated rings. The van der Waals surface area contributed by atoms with E-state index < -0.39 is 15.9 Å². The summed E-state index contributed by atoms with van der Waals surface area (Å²) in [6, 6.07) is 13.0. The number of carbonyl (C=O) groups excluding carboxylic acids is 2. The predicted molar refractivity (Wildman–Crippen MR) is 161 cm³/mol. The van der Waals surface area contributed by atoms with Crippen LogP contribution in [0.2, 0.25) is 0 Å². The average Bonchev–Trinajstić information content (AvgIpc) is 3.27. The number of carbonyl (C=O) groups is 2. The molecular formula is C32H45N3O5S. The molecule has 9 heteroatoms. The Balaban J connectivity index is 1.52. The van der Waals surface area contributed by atoms with Crippen LogP contribution in [-0.2, 0) is 20.0 Å². The number of aromatic hydroxyl groups is 1. The molecule has 4 rings (SSSR count). The monoisotopic (exact) mass is 583 g/mol. The van der Waals surface area contributed by atoms with Crippen LogP contribution < -0.4 is 5.32 Å². The van der Waals surface area contributed by atoms with Gasteiger partial charge in [-0.1, -0.05) is 39.0 Å². The van der Waals surface area contributed by atoms with Crippen molar-refractivity contribution in [1.29, 1.82) is 0 Å². The molecule has 0 radical (unpaired) electrons. The quantitative estimate of drug-likeness (QED) is 0.478. The maximum atomic E-state index is 13.7. The lowest BCUT2D eigenvalue weighted by Gasteiger charge is -2.44. The highest BCUT2D eigenvalue weighted by molar-refractivity contribution is 7.91. The van der Waals surface area contributed by atoms with Crippen LogP contribution in [0.25, 0.3) is 0 Å². The van der Waals surface area contributed by atoms with Crippen LogP contribution in [-0.4, -0.2) is 78.7 Å². The van der Waals surface area contributed by atoms with Crippen LogP contribution in [0, 0.1) is 5.92 Å². The third-order valence-electron chi connectivity index (χ3n) is 8.85. The largest absolute Gasteiger partial charge is 0.508 e. The van der Waals surface area contributed by atoms with Crippen molar-refractivity contribution in [3.63, 3.8) is 0 Å². The molecule has 4 atom stereocenters. The van der Waals surface area contributed by atoms with E-state index in [-0.39, 0.29) is 46.7 Å². The Bertz CT molecular complexity index is 1350. The lowest BCUT2D eigenvalue weighted by atomic mass is 9.81. The summed E-state index contributed by atoms with van der Waals surface area (Å²) in [7, 11) is -1.46. The summed E-state index contributed by atoms with van der Waals surface area (Å²) in [5.41, 5.74) is 0.705. The van der Waals surface area contributed by atoms with Crippen molar-refractivity contribution in [3.8, 4) is 5.75 Å². The highest BCUT2D eigenvalue weighted by Gasteiger charge is 2.44. The zero-order valence-electron chi connectivity index (χ0n) is 25.1. The number of rotatable bonds is 8. The van der Waals surface area contributed by atoms with E-state index in [9.17, 15) is 23.1 Å². The molecule has 0 spiro atoms. The highest BCUT2D eigenvalue weighted by Crippen LogP contribution is 2.36. The van der Waals surface area contributed by atoms with E-state index in [0.717, 1.165) is 12.8 Å². The van der Waals surface area contributed by atoms with E-state index >= 15 is 0 Å². The van der Waals surface area contributed by atoms with Gasteiger partial charge in [-0.05, 0) is 88.2 Å². The molecule has 1 aliphatic carbocycles. The molecule has 1 saturated heterocycles. The fourth-order valence-electron chi connectivity index (χ4n) is 6.29. The van der Waals surface area contributed by atoms with Crippen LogP contribution in [0.1, 0.15) is 76.2 Å². The molecule has 41 heavy (non-hydrogen) atoms. The number of nitrogens with zero attached hydrogens (tertiary/aromatic N) is 2. The first-order valence-corrected chi connectivity index (χ1v) is 16.3. The Hall–Kier alpha value is -2.91. The van der Waals surface area contributed by atoms with E-state index in [1.165, 1.54) is 6.07 Å². The predicted octanol–water partition coefficient (Wildman–Crippen LogP) is 4.37. The molecule has 8 nitrogen and oxygen atoms in total. The number of nitrogens with one attached hydrogen (secondary N) is 1. The van der Waals surface area contributed by atoms with Gasteiger partial charge in [0.15, 0.2) is 9.84 Å². The smallest absolute Gasteiger partial charge is 0.251 e. The van der Waals surface area contributed by atoms with Crippen LogP contribution in [0.5, 0.6) is 5.75 Å². The number of phenols is 1. The van der Waals surface area contributed by atoms with Gasteiger partial charge in [-0.15, -0.1) is 0 Å². The first-order chi connectivity index (χ1) is 19.2. The molecular weight excluding hydrogens is 538 g/mol. The topological polar surface area (TPSA) is 107 Å². The summed E-state index contributed by atoms with van der Waals surface area (Å²) in [6.07, 6.45) is 2.76. The van der Waals surface area contributed by atoms with Crippen LogP contribution in [0.3, 0.4) is 0 Å². The summed E-state index contributed by atoms with van der Waals surface area (Å²) in [5.74, 6) is -0.622. The summed E-state index contributed by atoms with van der Waals surface area (Å²) in [6.45, 7) is 10.6. The average molecular weight is 584 g/mol. The number of hydrogen-bond donors (Lipinski definition) is 2. The van der Waals surface area contributed by atoms with E-state index in [2.05, 4.69) is 31.1 Å². The highest BCUT2D eigenvalue weighted by atomic mass is 32.2. The van der Waals surface area contributed by atoms with E-state index in [1.807, 2.05) is 25.7 Å². The number of amides is 2. The van der Waals surface area contributed by atoms with Gasteiger partial charge in [0.1, 0.15) is 11.8 Å². The molecule has 1 aliphatic heterocycles. The fraction of sp³-hybridized carbons (Fsp3) is 0.562. The van der Waals surface area contributed by atoms with Gasteiger partial charge in [-0.2, -0.15) is 0 Å². The Morgan fingerprint density at radius 1 is 1.10 bits per heavy atom. The van der Waals surface area contributed by atoms with Crippen molar-refractivity contribution in [1.82, 2.24) is 15.1 Å². The molecule has 1 saturated carbocycles. The number of hydrogen-bond acceptors (Lipinski definition) is 6. The van der Waals surface area contributed by atoms with Gasteiger partial charge in [-0.3, -0.25) is 9.59 Å². The standard InChI is InChI=1S/C32H45N3O5S/c1-21(2)34(6)24-13-14-28(23(18-24)20-41(39,40)25-10-8-7-9-11-25)35-17-16-27(31(35)38)33-30(37)22-12-15-29(36)26(19-22)32(3,4)5/h7-12,15,19,21,23-24,27-28,36H,13-14,16-18,20H2,1-6H3,(H,33,37)/t23-,24+,27-,28-/m0/s1. The summed E-state index contributed by atoms with van der Waals surface area (Å²) in [5, 5.41) is 13.2. The molecule has 2 aromatic carbocycles. The van der Waals surface area contributed by atoms with Crippen LogP contribution >= 0.6 is 0 Å². The third kappa shape index (κ3) is 6.95. The molecule has 0 aromatic heterocycles. The van der Waals surface area contributed by atoms with Gasteiger partial charge in [-0.25, -0.2) is 8.42 Å². The lowest BCUT2D eigenvalue weighted by molar-refractivity contribution is -0.133. The van der Waals surface area contributed by atoms with E-state index in [1.54, 1.807) is 42.5 Å². The minimum Gasteiger partial charge on any atom is -0.508 e. The number of sulfone groups is 1. The summed E-state index contributed by atoms with van der Waals surface area (Å²) >= 11 is 0. The lowest BCUT2D eigenvalue weighted by Crippen LogP contribution is -2.53. The molecule has 1 heterocycles. The van der Waals surface area contributed by atoms with E-state index in [0.29, 0.717) is 41.5 Å². The zero-order chi connectivity index (χ0) is 30.1. The Morgan fingerprint density at radius 3 is 2.41 bits per heavy atom. The van der Waals surface area contributed by atoms with Gasteiger partial charge >= 0.3 is 0 Å². The minimum absolute atomic E-state index is 0.0198. The minimum atomic E-state index is -3.54. The van der Waals surface area contributed by atoms with E-state index in [4.69, 9.17) is 0 Å². The Morgan fingerprint density at radius 2 is 1.78 bits per heavy atom. The normalized spacial score (nSPS) is 23.8. The van der Waals surface area contributed by atoms with Crippen molar-refractivity contribution in [2.45, 2.75) is 94.8 Å². The SMILES string of the molecule is CC(C)N(C)[C@@H]1CC[C@H](N2CC[C@H](NC(=O)c3ccc(O)c(C(C)(C)C)c3)C2=O)[C@H](CS(=O)(=O)c2ccccc2)C1. The number of benzene rings is 2. The number of phenolic OH excluding ortho intramolecular Hbond substituents is 1. The second kappa shape index (κ2) is 12.1. The van der Waals surface area contributed by atoms with Crippen molar-refractivity contribution >= 4 is 21.7 Å². The molecule has 0 bridgehead atoms. The molecule has 2 amide bonds. The maximum Gasteiger partial charge on any atom is 0.251 e. The molecule has 224 valence electrons. The van der Waals surface area contributed by atoms with Gasteiger partial charge in [0.05, 0.1) is 10.6 Å². The zero-order valence-corrected chi connectivity index (χ0v) is 25.9. The third-order valence-corrected chi connectivity index (χ3v) is 10.7. The summed E-state index contributed by atoms with van der Waals surface area (Å²) < 4.78 is 26.9. The second-order valence-electron chi connectivity index (χ2n) is 13.0. The molecule has 2 N–H and O–H groups in total. The van der Waals surface area contributed by atoms with Crippen molar-refractivity contribution < 1.29 is 23.1 Å². The van der Waals surface area contributed by atoms with Gasteiger partial charge < -0.3 is 20.2 Å². The molecule has 2 aromatic rings. The first kappa shape index (κ1) is 31.0. The number of likely N-dealkylation sites (tertiary alicyclic amines) is 1. The Labute approximate surface area is 245 Å². The van der Waals surface area contributed by atoms with Crippen molar-refractivity contribution in [2.75, 3.05) is 19.3 Å². The second-order valence-corrected chi connectivity index (χ2v) is 15.0. The maximum absolute atomic E-state index is 13.7. The van der Waals surface area contributed by atoms with Crippen molar-refractivity contribution in [2.24, 2.45) is 5.92 Å². The van der Waals surface area contributed by atoms with Crippen LogP contribution in [0.15, 0.2) is 53.4 Å². The van der Waals surface area contributed by atoms with Gasteiger partial charge in [0.25, 0.3) is 5.91 Å². The molecule has 2 aliphatic rings. The first-order valence-electron chi connectivity index (χ1n) is 14.6. The van der Waals surface area contributed by atoms with Crippen molar-refractivity contribution in [3.05, 3.63) is 59.7 Å².